The zero-order chi connectivity index (χ0) is 25.3. The summed E-state index contributed by atoms with van der Waals surface area (Å²) in [6, 6.07) is 13.5. The van der Waals surface area contributed by atoms with E-state index >= 15 is 0 Å². The number of nitrogens with zero attached hydrogens (tertiary/aromatic N) is 2. The van der Waals surface area contributed by atoms with Crippen LogP contribution in [0, 0.1) is 5.92 Å². The van der Waals surface area contributed by atoms with Crippen molar-refractivity contribution in [3.63, 3.8) is 0 Å². The van der Waals surface area contributed by atoms with Gasteiger partial charge in [0.1, 0.15) is 0 Å². The summed E-state index contributed by atoms with van der Waals surface area (Å²) in [5.74, 6) is -3.49. The minimum Gasteiger partial charge on any atom is -0.802 e. The van der Waals surface area contributed by atoms with Gasteiger partial charge in [-0.25, -0.2) is 13.2 Å². The van der Waals surface area contributed by atoms with Crippen molar-refractivity contribution in [2.75, 3.05) is 32.9 Å². The summed E-state index contributed by atoms with van der Waals surface area (Å²) in [5.41, 5.74) is -0.800. The predicted octanol–water partition coefficient (Wildman–Crippen LogP) is 1.37. The highest BCUT2D eigenvalue weighted by molar-refractivity contribution is 7.91. The number of carboxylic acids is 1. The van der Waals surface area contributed by atoms with E-state index in [1.54, 1.807) is 30.3 Å². The number of hydrogen-bond acceptors (Lipinski definition) is 6. The molecule has 1 aliphatic heterocycles. The Morgan fingerprint density at radius 3 is 2.15 bits per heavy atom. The summed E-state index contributed by atoms with van der Waals surface area (Å²) < 4.78 is 25.4. The van der Waals surface area contributed by atoms with Gasteiger partial charge in [-0.15, -0.1) is 0 Å². The Balaban J connectivity index is 1.70. The van der Waals surface area contributed by atoms with Gasteiger partial charge in [0.25, 0.3) is 0 Å². The number of sulfone groups is 1. The third kappa shape index (κ3) is 5.03. The summed E-state index contributed by atoms with van der Waals surface area (Å²) in [6.45, 7) is 1.29. The number of hydrogen-bond donors (Lipinski definition) is 1. The number of rotatable bonds is 9. The van der Waals surface area contributed by atoms with Crippen LogP contribution in [0.4, 0.5) is 4.79 Å². The molecule has 1 heterocycles. The maximum absolute atomic E-state index is 12.9. The fourth-order valence-corrected chi connectivity index (χ4v) is 5.43. The van der Waals surface area contributed by atoms with E-state index in [1.807, 2.05) is 0 Å². The molecule has 9 nitrogen and oxygen atoms in total. The molecule has 1 fully saturated rings. The summed E-state index contributed by atoms with van der Waals surface area (Å²) >= 11 is 0. The molecule has 2 unspecified atom stereocenters. The molecule has 0 aliphatic carbocycles. The number of aliphatic carboxylic acids is 1. The number of likely N-dealkylation sites (N-methyl/N-ethyl adjacent to an activating group) is 1. The molecule has 2 aromatic carbocycles. The molecular formula is C24H28N2O7S. The van der Waals surface area contributed by atoms with Crippen molar-refractivity contribution in [2.24, 2.45) is 5.92 Å². The molecule has 10 heteroatoms. The van der Waals surface area contributed by atoms with E-state index in [2.05, 4.69) is 0 Å². The number of carbonyl (C=O) groups is 3. The van der Waals surface area contributed by atoms with Crippen LogP contribution in [0.1, 0.15) is 29.3 Å². The Kier molecular flexibility index (Phi) is 6.97. The summed E-state index contributed by atoms with van der Waals surface area (Å²) in [5, 5.41) is 22.2. The molecule has 0 saturated carbocycles. The van der Waals surface area contributed by atoms with E-state index in [0.29, 0.717) is 11.1 Å². The Morgan fingerprint density at radius 1 is 1.09 bits per heavy atom. The summed E-state index contributed by atoms with van der Waals surface area (Å²) in [4.78, 5) is 38.0. The number of urea groups is 1. The van der Waals surface area contributed by atoms with Gasteiger partial charge in [0.15, 0.2) is 15.6 Å². The van der Waals surface area contributed by atoms with E-state index in [4.69, 9.17) is 0 Å². The van der Waals surface area contributed by atoms with Gasteiger partial charge in [-0.3, -0.25) is 19.0 Å². The van der Waals surface area contributed by atoms with Gasteiger partial charge in [0, 0.05) is 17.7 Å². The second-order valence-corrected chi connectivity index (χ2v) is 11.2. The van der Waals surface area contributed by atoms with Gasteiger partial charge in [-0.1, -0.05) is 30.3 Å². The molecule has 0 radical (unpaired) electrons. The Morgan fingerprint density at radius 2 is 1.65 bits per heavy atom. The average molecular weight is 489 g/mol. The Bertz CT molecular complexity index is 1190. The van der Waals surface area contributed by atoms with Crippen LogP contribution in [-0.4, -0.2) is 79.4 Å². The first-order chi connectivity index (χ1) is 15.8. The molecule has 2 atom stereocenters. The number of amides is 2. The van der Waals surface area contributed by atoms with Crippen molar-refractivity contribution >= 4 is 27.6 Å². The van der Waals surface area contributed by atoms with Gasteiger partial charge >= 0.3 is 12.0 Å². The Hall–Kier alpha value is -3.08. The number of carbonyl (C=O) groups excluding carboxylic acids is 2. The quantitative estimate of drug-likeness (QED) is 0.416. The highest BCUT2D eigenvalue weighted by atomic mass is 32.2. The van der Waals surface area contributed by atoms with E-state index in [9.17, 15) is 33.0 Å². The lowest BCUT2D eigenvalue weighted by Gasteiger charge is -2.41. The monoisotopic (exact) mass is 488 g/mol. The molecule has 0 bridgehead atoms. The van der Waals surface area contributed by atoms with Crippen molar-refractivity contribution in [1.82, 2.24) is 4.90 Å². The van der Waals surface area contributed by atoms with Gasteiger partial charge in [0.05, 0.1) is 42.9 Å². The topological polar surface area (TPSA) is 132 Å². The van der Waals surface area contributed by atoms with Crippen LogP contribution in [0.15, 0.2) is 59.5 Å². The molecule has 2 aromatic rings. The molecule has 1 aliphatic rings. The van der Waals surface area contributed by atoms with Crippen molar-refractivity contribution in [1.29, 1.82) is 0 Å². The third-order valence-corrected chi connectivity index (χ3v) is 8.28. The average Bonchev–Trinajstić information content (AvgIpc) is 2.95. The molecule has 1 N–H and O–H groups in total. The van der Waals surface area contributed by atoms with Gasteiger partial charge in [-0.2, -0.15) is 0 Å². The van der Waals surface area contributed by atoms with Crippen molar-refractivity contribution in [3.8, 4) is 0 Å². The Labute approximate surface area is 198 Å². The molecule has 34 heavy (non-hydrogen) atoms. The standard InChI is InChI=1S/C24H28N2O7S/c1-24(31)16-25(23(30)26(24,2)3)14-13-19(22(28)29)15-34(32,33)20-11-9-18(10-12-20)21(27)17-7-5-4-6-8-17/h4-12,19H,13-16H2,1-3H3,(H,28,29). The number of quaternary nitrogens is 1. The molecule has 182 valence electrons. The molecule has 0 aromatic heterocycles. The molecular weight excluding hydrogens is 460 g/mol. The summed E-state index contributed by atoms with van der Waals surface area (Å²) in [7, 11) is -0.976. The van der Waals surface area contributed by atoms with E-state index in [0.717, 1.165) is 0 Å². The second kappa shape index (κ2) is 9.28. The van der Waals surface area contributed by atoms with Crippen LogP contribution in [-0.2, 0) is 14.6 Å². The summed E-state index contributed by atoms with van der Waals surface area (Å²) in [6.07, 6.45) is -0.110. The molecule has 0 spiro atoms. The van der Waals surface area contributed by atoms with Gasteiger partial charge in [0.2, 0.25) is 0 Å². The zero-order valence-corrected chi connectivity index (χ0v) is 20.1. The zero-order valence-electron chi connectivity index (χ0n) is 19.3. The molecule has 2 amide bonds. The van der Waals surface area contributed by atoms with Crippen LogP contribution in [0.25, 0.3) is 0 Å². The van der Waals surface area contributed by atoms with Crippen LogP contribution in [0.3, 0.4) is 0 Å². The number of ketones is 1. The largest absolute Gasteiger partial charge is 0.802 e. The highest BCUT2D eigenvalue weighted by Gasteiger charge is 2.49. The van der Waals surface area contributed by atoms with Gasteiger partial charge < -0.3 is 10.2 Å². The first-order valence-corrected chi connectivity index (χ1v) is 12.4. The second-order valence-electron chi connectivity index (χ2n) is 9.16. The molecule has 1 saturated heterocycles. The first kappa shape index (κ1) is 25.5. The number of benzene rings is 2. The SMILES string of the molecule is CC1([O-])CN(CCC(CS(=O)(=O)c2ccc(C(=O)c3ccccc3)cc2)C(=O)O)C(=O)[N+]1(C)C. The van der Waals surface area contributed by atoms with Crippen LogP contribution >= 0.6 is 0 Å². The lowest BCUT2D eigenvalue weighted by molar-refractivity contribution is -0.945. The van der Waals surface area contributed by atoms with Crippen LogP contribution in [0.5, 0.6) is 0 Å². The minimum absolute atomic E-state index is 0.0324. The lowest BCUT2D eigenvalue weighted by Crippen LogP contribution is -2.64. The highest BCUT2D eigenvalue weighted by Crippen LogP contribution is 2.28. The lowest BCUT2D eigenvalue weighted by atomic mass is 10.0. The van der Waals surface area contributed by atoms with E-state index in [1.165, 1.54) is 50.2 Å². The normalized spacial score (nSPS) is 20.8. The minimum atomic E-state index is -3.98. The van der Waals surface area contributed by atoms with Gasteiger partial charge in [-0.05, 0) is 37.6 Å². The predicted molar refractivity (Wildman–Crippen MR) is 122 cm³/mol. The van der Waals surface area contributed by atoms with Crippen molar-refractivity contribution < 1.29 is 37.5 Å². The smallest absolute Gasteiger partial charge is 0.418 e. The third-order valence-electron chi connectivity index (χ3n) is 6.44. The van der Waals surface area contributed by atoms with Crippen molar-refractivity contribution in [3.05, 3.63) is 65.7 Å². The fourth-order valence-electron chi connectivity index (χ4n) is 3.85. The first-order valence-electron chi connectivity index (χ1n) is 10.8. The number of carboxylic acid groups (broad SMARTS) is 1. The van der Waals surface area contributed by atoms with E-state index in [-0.39, 0.29) is 30.2 Å². The maximum Gasteiger partial charge on any atom is 0.418 e. The van der Waals surface area contributed by atoms with Crippen LogP contribution in [0.2, 0.25) is 0 Å². The van der Waals surface area contributed by atoms with Crippen molar-refractivity contribution in [2.45, 2.75) is 24.0 Å². The van der Waals surface area contributed by atoms with Crippen LogP contribution < -0.4 is 5.11 Å². The van der Waals surface area contributed by atoms with E-state index < -0.39 is 43.7 Å². The fraction of sp³-hybridized carbons (Fsp3) is 0.375. The molecule has 3 rings (SSSR count). The maximum atomic E-state index is 12.9.